The number of methoxy groups -OCH3 is 1. The predicted molar refractivity (Wildman–Crippen MR) is 190 cm³/mol. The summed E-state index contributed by atoms with van der Waals surface area (Å²) in [6, 6.07) is 24.6. The third-order valence-electron chi connectivity index (χ3n) is 8.42. The molecule has 48 heavy (non-hydrogen) atoms. The lowest BCUT2D eigenvalue weighted by Gasteiger charge is -2.15. The normalized spacial score (nSPS) is 14.0. The summed E-state index contributed by atoms with van der Waals surface area (Å²) in [6.45, 7) is 5.93. The molecule has 0 radical (unpaired) electrons. The zero-order valence-electron chi connectivity index (χ0n) is 27.3. The highest BCUT2D eigenvalue weighted by atomic mass is 35.5. The molecule has 0 aliphatic carbocycles. The van der Waals surface area contributed by atoms with E-state index in [1.54, 1.807) is 19.2 Å². The van der Waals surface area contributed by atoms with E-state index in [9.17, 15) is 14.4 Å². The predicted octanol–water partition coefficient (Wildman–Crippen LogP) is 4.55. The molecule has 0 saturated carbocycles. The van der Waals surface area contributed by atoms with Crippen LogP contribution in [0.3, 0.4) is 0 Å². The average Bonchev–Trinajstić information content (AvgIpc) is 3.39. The van der Waals surface area contributed by atoms with E-state index in [1.807, 2.05) is 79.2 Å². The Labute approximate surface area is 285 Å². The zero-order chi connectivity index (χ0) is 34.0. The number of fused-ring (bicyclic) bond motifs is 4. The van der Waals surface area contributed by atoms with Crippen LogP contribution in [-0.4, -0.2) is 65.6 Å². The second kappa shape index (κ2) is 13.7. The van der Waals surface area contributed by atoms with Crippen LogP contribution in [0.15, 0.2) is 83.9 Å². The van der Waals surface area contributed by atoms with Gasteiger partial charge in [-0.1, -0.05) is 60.1 Å². The Balaban J connectivity index is 1.12. The van der Waals surface area contributed by atoms with Crippen molar-refractivity contribution in [1.29, 1.82) is 0 Å². The van der Waals surface area contributed by atoms with Crippen molar-refractivity contribution in [3.63, 3.8) is 0 Å². The third kappa shape index (κ3) is 7.18. The van der Waals surface area contributed by atoms with Crippen molar-refractivity contribution in [1.82, 2.24) is 25.4 Å². The van der Waals surface area contributed by atoms with E-state index in [4.69, 9.17) is 21.3 Å². The lowest BCUT2D eigenvalue weighted by atomic mass is 10.00. The van der Waals surface area contributed by atoms with Gasteiger partial charge < -0.3 is 20.2 Å². The lowest BCUT2D eigenvalue weighted by Crippen LogP contribution is -2.41. The van der Waals surface area contributed by atoms with Crippen LogP contribution in [0, 0.1) is 6.92 Å². The van der Waals surface area contributed by atoms with E-state index < -0.39 is 14.4 Å². The molecule has 0 spiro atoms. The van der Waals surface area contributed by atoms with Gasteiger partial charge in [0.25, 0.3) is 0 Å². The minimum atomic E-state index is -2.38. The first-order valence-electron chi connectivity index (χ1n) is 15.7. The van der Waals surface area contributed by atoms with Crippen LogP contribution in [0.5, 0.6) is 5.75 Å². The molecule has 2 amide bonds. The van der Waals surface area contributed by atoms with E-state index in [-0.39, 0.29) is 24.8 Å². The number of aliphatic imine (C=N–C) groups is 1. The molecule has 1 atom stereocenters. The van der Waals surface area contributed by atoms with Crippen molar-refractivity contribution in [3.8, 4) is 11.4 Å². The molecule has 6 rings (SSSR count). The number of aromatic nitrogens is 3. The first-order chi connectivity index (χ1) is 23.0. The highest BCUT2D eigenvalue weighted by molar-refractivity contribution is 6.83. The van der Waals surface area contributed by atoms with Crippen LogP contribution in [0.2, 0.25) is 18.1 Å². The molecule has 1 aromatic heterocycles. The first kappa shape index (κ1) is 33.1. The maximum atomic E-state index is 13.2. The molecule has 1 aliphatic heterocycles. The standard InChI is InChI=1S/C36H37ClN6O4Si/c1-22-41-42-36-31(40-35(24-7-10-27(37)11-8-24)30-19-28(47-2)12-14-32(30)43(22)36)20-33(44)39-21-34(45)38-16-15-23-5-6-26-18-29(48(3,4)46)13-9-25(26)17-23/h5-14,17-19,31,46H,15-16,20-21H2,1-4H3,(H,38,45)(H,39,44)/t31-/m0/s1. The second-order valence-corrected chi connectivity index (χ2v) is 16.5. The van der Waals surface area contributed by atoms with Gasteiger partial charge in [0.2, 0.25) is 20.1 Å². The van der Waals surface area contributed by atoms with Crippen LogP contribution in [0.25, 0.3) is 16.5 Å². The topological polar surface area (TPSA) is 131 Å². The fourth-order valence-electron chi connectivity index (χ4n) is 5.84. The second-order valence-electron chi connectivity index (χ2n) is 12.4. The SMILES string of the molecule is COc1ccc2c(c1)C(c1ccc(Cl)cc1)=N[C@@H](CC(=O)NCC(=O)NCCc1ccc3cc([Si](C)(C)O)ccc3c1)c1nnc(C)n1-2. The minimum Gasteiger partial charge on any atom is -0.497 e. The molecule has 3 N–H and O–H groups in total. The van der Waals surface area contributed by atoms with Gasteiger partial charge in [-0.25, -0.2) is 0 Å². The molecule has 12 heteroatoms. The number of aryl methyl sites for hydroxylation is 1. The summed E-state index contributed by atoms with van der Waals surface area (Å²) in [5, 5.41) is 18.1. The van der Waals surface area contributed by atoms with Gasteiger partial charge in [-0.15, -0.1) is 10.2 Å². The summed E-state index contributed by atoms with van der Waals surface area (Å²) >= 11 is 6.19. The van der Waals surface area contributed by atoms with E-state index in [2.05, 4.69) is 33.0 Å². The lowest BCUT2D eigenvalue weighted by molar-refractivity contribution is -0.126. The summed E-state index contributed by atoms with van der Waals surface area (Å²) in [5.74, 6) is 1.21. The maximum Gasteiger partial charge on any atom is 0.239 e. The third-order valence-corrected chi connectivity index (χ3v) is 10.4. The van der Waals surface area contributed by atoms with Gasteiger partial charge in [0.05, 0.1) is 31.5 Å². The molecular formula is C36H37ClN6O4Si. The summed E-state index contributed by atoms with van der Waals surface area (Å²) in [5.41, 5.74) is 4.18. The van der Waals surface area contributed by atoms with Gasteiger partial charge in [0.1, 0.15) is 17.6 Å². The number of rotatable bonds is 10. The summed E-state index contributed by atoms with van der Waals surface area (Å²) < 4.78 is 7.44. The first-order valence-corrected chi connectivity index (χ1v) is 19.1. The van der Waals surface area contributed by atoms with E-state index in [0.717, 1.165) is 38.3 Å². The molecule has 0 unspecified atom stereocenters. The Morgan fingerprint density at radius 2 is 1.69 bits per heavy atom. The van der Waals surface area contributed by atoms with Crippen molar-refractivity contribution in [2.24, 2.45) is 4.99 Å². The Morgan fingerprint density at radius 1 is 0.938 bits per heavy atom. The number of carbonyl (C=O) groups excluding carboxylic acids is 2. The number of amides is 2. The molecule has 10 nitrogen and oxygen atoms in total. The molecule has 5 aromatic rings. The van der Waals surface area contributed by atoms with Gasteiger partial charge in [-0.3, -0.25) is 19.1 Å². The summed E-state index contributed by atoms with van der Waals surface area (Å²) in [4.78, 5) is 41.4. The highest BCUT2D eigenvalue weighted by Crippen LogP contribution is 2.34. The molecule has 4 aromatic carbocycles. The Bertz CT molecular complexity index is 2040. The van der Waals surface area contributed by atoms with Crippen molar-refractivity contribution >= 4 is 53.4 Å². The van der Waals surface area contributed by atoms with E-state index >= 15 is 0 Å². The van der Waals surface area contributed by atoms with E-state index in [1.165, 1.54) is 0 Å². The van der Waals surface area contributed by atoms with Crippen molar-refractivity contribution in [2.75, 3.05) is 20.2 Å². The molecule has 1 aliphatic rings. The minimum absolute atomic E-state index is 0.0393. The molecular weight excluding hydrogens is 644 g/mol. The van der Waals surface area contributed by atoms with Gasteiger partial charge >= 0.3 is 0 Å². The Hall–Kier alpha value is -4.84. The highest BCUT2D eigenvalue weighted by Gasteiger charge is 2.30. The largest absolute Gasteiger partial charge is 0.497 e. The number of ether oxygens (including phenoxy) is 1. The van der Waals surface area contributed by atoms with Gasteiger partial charge in [-0.05, 0) is 78.3 Å². The number of hydrogen-bond donors (Lipinski definition) is 3. The number of halogens is 1. The fraction of sp³-hybridized carbons (Fsp3) is 0.250. The van der Waals surface area contributed by atoms with Crippen LogP contribution < -0.4 is 20.6 Å². The van der Waals surface area contributed by atoms with Crippen molar-refractivity contribution in [3.05, 3.63) is 112 Å². The van der Waals surface area contributed by atoms with Crippen LogP contribution in [-0.2, 0) is 16.0 Å². The number of hydrogen-bond acceptors (Lipinski definition) is 7. The molecule has 0 bridgehead atoms. The number of nitrogens with one attached hydrogen (secondary N) is 2. The quantitative estimate of drug-likeness (QED) is 0.186. The Kier molecular flexibility index (Phi) is 9.45. The van der Waals surface area contributed by atoms with Gasteiger partial charge in [0.15, 0.2) is 5.82 Å². The Morgan fingerprint density at radius 3 is 2.44 bits per heavy atom. The van der Waals surface area contributed by atoms with E-state index in [0.29, 0.717) is 41.1 Å². The van der Waals surface area contributed by atoms with Crippen LogP contribution in [0.4, 0.5) is 0 Å². The zero-order valence-corrected chi connectivity index (χ0v) is 29.0. The number of carbonyl (C=O) groups is 2. The number of nitrogens with zero attached hydrogens (tertiary/aromatic N) is 4. The molecule has 0 fully saturated rings. The molecule has 2 heterocycles. The van der Waals surface area contributed by atoms with Crippen LogP contribution >= 0.6 is 11.6 Å². The fourth-order valence-corrected chi connectivity index (χ4v) is 6.97. The molecule has 0 saturated heterocycles. The monoisotopic (exact) mass is 680 g/mol. The maximum absolute atomic E-state index is 13.2. The summed E-state index contributed by atoms with van der Waals surface area (Å²) in [7, 11) is -0.771. The van der Waals surface area contributed by atoms with Gasteiger partial charge in [0, 0.05) is 22.7 Å². The average molecular weight is 681 g/mol. The smallest absolute Gasteiger partial charge is 0.239 e. The van der Waals surface area contributed by atoms with Crippen molar-refractivity contribution < 1.29 is 19.1 Å². The molecule has 246 valence electrons. The summed E-state index contributed by atoms with van der Waals surface area (Å²) in [6.07, 6.45) is 0.602. The van der Waals surface area contributed by atoms with Gasteiger partial charge in [-0.2, -0.15) is 0 Å². The van der Waals surface area contributed by atoms with Crippen LogP contribution in [0.1, 0.15) is 40.8 Å². The number of benzene rings is 4. The van der Waals surface area contributed by atoms with Crippen molar-refractivity contribution in [2.45, 2.75) is 38.9 Å².